The topological polar surface area (TPSA) is 79.4 Å². The molecule has 0 aliphatic heterocycles. The highest BCUT2D eigenvalue weighted by Gasteiger charge is 2.14. The molecule has 0 spiro atoms. The van der Waals surface area contributed by atoms with Crippen LogP contribution in [0.4, 0.5) is 0 Å². The van der Waals surface area contributed by atoms with Crippen molar-refractivity contribution in [2.24, 2.45) is 0 Å². The Labute approximate surface area is 74.0 Å². The summed E-state index contributed by atoms with van der Waals surface area (Å²) in [6.07, 6.45) is 1.36. The zero-order chi connectivity index (χ0) is 9.84. The van der Waals surface area contributed by atoms with Gasteiger partial charge in [-0.2, -0.15) is 0 Å². The molecular weight excluding hydrogens is 174 g/mol. The van der Waals surface area contributed by atoms with Crippen LogP contribution in [0.1, 0.15) is 15.9 Å². The van der Waals surface area contributed by atoms with Crippen LogP contribution >= 0.6 is 0 Å². The van der Waals surface area contributed by atoms with Crippen LogP contribution in [0.15, 0.2) is 17.1 Å². The zero-order valence-electron chi connectivity index (χ0n) is 7.03. The molecule has 0 aliphatic rings. The van der Waals surface area contributed by atoms with Gasteiger partial charge in [0.2, 0.25) is 0 Å². The maximum atomic E-state index is 11.1. The SMILES string of the molecule is COC(=O)c1c(CO)cc[nH]c1=O. The number of esters is 1. The van der Waals surface area contributed by atoms with E-state index in [0.29, 0.717) is 0 Å². The van der Waals surface area contributed by atoms with Gasteiger partial charge in [-0.05, 0) is 11.6 Å². The number of nitrogens with one attached hydrogen (secondary N) is 1. The number of pyridine rings is 1. The van der Waals surface area contributed by atoms with E-state index in [0.717, 1.165) is 0 Å². The molecule has 1 aromatic rings. The molecule has 0 atom stereocenters. The molecule has 13 heavy (non-hydrogen) atoms. The largest absolute Gasteiger partial charge is 0.465 e. The second kappa shape index (κ2) is 3.86. The van der Waals surface area contributed by atoms with Crippen molar-refractivity contribution >= 4 is 5.97 Å². The number of H-pyrrole nitrogens is 1. The van der Waals surface area contributed by atoms with Gasteiger partial charge in [-0.25, -0.2) is 4.79 Å². The van der Waals surface area contributed by atoms with Crippen LogP contribution < -0.4 is 5.56 Å². The number of aliphatic hydroxyl groups excluding tert-OH is 1. The Morgan fingerprint density at radius 1 is 1.69 bits per heavy atom. The van der Waals surface area contributed by atoms with E-state index in [9.17, 15) is 9.59 Å². The molecule has 0 aliphatic carbocycles. The van der Waals surface area contributed by atoms with Crippen molar-refractivity contribution in [2.75, 3.05) is 7.11 Å². The Bertz CT molecular complexity index is 369. The minimum Gasteiger partial charge on any atom is -0.465 e. The third kappa shape index (κ3) is 1.75. The first kappa shape index (κ1) is 9.47. The van der Waals surface area contributed by atoms with E-state index < -0.39 is 11.5 Å². The predicted octanol–water partition coefficient (Wildman–Crippen LogP) is -0.346. The highest BCUT2D eigenvalue weighted by molar-refractivity contribution is 5.90. The molecule has 0 unspecified atom stereocenters. The number of aromatic nitrogens is 1. The van der Waals surface area contributed by atoms with Crippen molar-refractivity contribution in [3.63, 3.8) is 0 Å². The lowest BCUT2D eigenvalue weighted by Gasteiger charge is -2.02. The van der Waals surface area contributed by atoms with Crippen molar-refractivity contribution in [1.82, 2.24) is 4.98 Å². The van der Waals surface area contributed by atoms with Gasteiger partial charge in [-0.3, -0.25) is 4.79 Å². The Morgan fingerprint density at radius 3 is 2.92 bits per heavy atom. The summed E-state index contributed by atoms with van der Waals surface area (Å²) in [6.45, 7) is -0.367. The normalized spacial score (nSPS) is 9.69. The summed E-state index contributed by atoms with van der Waals surface area (Å²) in [4.78, 5) is 24.5. The lowest BCUT2D eigenvalue weighted by Crippen LogP contribution is -2.21. The maximum absolute atomic E-state index is 11.1. The predicted molar refractivity (Wildman–Crippen MR) is 44.3 cm³/mol. The van der Waals surface area contributed by atoms with Gasteiger partial charge in [-0.1, -0.05) is 0 Å². The molecule has 1 rings (SSSR count). The summed E-state index contributed by atoms with van der Waals surface area (Å²) in [5.41, 5.74) is -0.443. The fourth-order valence-electron chi connectivity index (χ4n) is 0.977. The van der Waals surface area contributed by atoms with E-state index in [-0.39, 0.29) is 17.7 Å². The first-order chi connectivity index (χ1) is 6.20. The van der Waals surface area contributed by atoms with Gasteiger partial charge in [0.05, 0.1) is 13.7 Å². The molecule has 0 fully saturated rings. The van der Waals surface area contributed by atoms with Crippen molar-refractivity contribution < 1.29 is 14.6 Å². The van der Waals surface area contributed by atoms with E-state index in [1.165, 1.54) is 19.4 Å². The lowest BCUT2D eigenvalue weighted by molar-refractivity contribution is 0.0595. The third-order valence-electron chi connectivity index (χ3n) is 1.61. The van der Waals surface area contributed by atoms with Crippen molar-refractivity contribution in [1.29, 1.82) is 0 Å². The van der Waals surface area contributed by atoms with Crippen LogP contribution in [0.3, 0.4) is 0 Å². The summed E-state index contributed by atoms with van der Waals surface area (Å²) >= 11 is 0. The van der Waals surface area contributed by atoms with Crippen LogP contribution in [-0.2, 0) is 11.3 Å². The molecule has 0 amide bonds. The number of hydrogen-bond acceptors (Lipinski definition) is 4. The fourth-order valence-corrected chi connectivity index (χ4v) is 0.977. The number of carbonyl (C=O) groups is 1. The van der Waals surface area contributed by atoms with Crippen LogP contribution in [-0.4, -0.2) is 23.2 Å². The number of aromatic amines is 1. The number of hydrogen-bond donors (Lipinski definition) is 2. The average Bonchev–Trinajstić information content (AvgIpc) is 2.16. The molecule has 1 heterocycles. The average molecular weight is 183 g/mol. The minimum atomic E-state index is -0.745. The van der Waals surface area contributed by atoms with Gasteiger partial charge < -0.3 is 14.8 Å². The Balaban J connectivity index is 3.31. The molecule has 70 valence electrons. The molecule has 0 saturated heterocycles. The highest BCUT2D eigenvalue weighted by atomic mass is 16.5. The van der Waals surface area contributed by atoms with Crippen molar-refractivity contribution in [3.05, 3.63) is 33.7 Å². The molecule has 1 aromatic heterocycles. The van der Waals surface area contributed by atoms with Crippen LogP contribution in [0.5, 0.6) is 0 Å². The van der Waals surface area contributed by atoms with Gasteiger partial charge in [-0.15, -0.1) is 0 Å². The van der Waals surface area contributed by atoms with Gasteiger partial charge >= 0.3 is 5.97 Å². The summed E-state index contributed by atoms with van der Waals surface area (Å²) in [5.74, 6) is -0.745. The Morgan fingerprint density at radius 2 is 2.38 bits per heavy atom. The highest BCUT2D eigenvalue weighted by Crippen LogP contribution is 2.03. The van der Waals surface area contributed by atoms with Gasteiger partial charge in [0, 0.05) is 6.20 Å². The number of methoxy groups -OCH3 is 1. The first-order valence-electron chi connectivity index (χ1n) is 3.60. The van der Waals surface area contributed by atoms with Crippen LogP contribution in [0.25, 0.3) is 0 Å². The van der Waals surface area contributed by atoms with Gasteiger partial charge in [0.1, 0.15) is 5.56 Å². The van der Waals surface area contributed by atoms with E-state index in [1.54, 1.807) is 0 Å². The molecule has 0 saturated carbocycles. The summed E-state index contributed by atoms with van der Waals surface area (Å²) in [6, 6.07) is 1.45. The Kier molecular flexibility index (Phi) is 2.81. The van der Waals surface area contributed by atoms with Gasteiger partial charge in [0.15, 0.2) is 0 Å². The van der Waals surface area contributed by atoms with E-state index in [2.05, 4.69) is 9.72 Å². The zero-order valence-corrected chi connectivity index (χ0v) is 7.03. The number of rotatable bonds is 2. The molecule has 0 radical (unpaired) electrons. The van der Waals surface area contributed by atoms with Crippen molar-refractivity contribution in [3.8, 4) is 0 Å². The van der Waals surface area contributed by atoms with Crippen LogP contribution in [0, 0.1) is 0 Å². The standard InChI is InChI=1S/C8H9NO4/c1-13-8(12)6-5(4-10)2-3-9-7(6)11/h2-3,10H,4H2,1H3,(H,9,11). The molecule has 5 heteroatoms. The van der Waals surface area contributed by atoms with E-state index >= 15 is 0 Å². The van der Waals surface area contributed by atoms with Gasteiger partial charge in [0.25, 0.3) is 5.56 Å². The molecule has 2 N–H and O–H groups in total. The quantitative estimate of drug-likeness (QED) is 0.614. The van der Waals surface area contributed by atoms with Crippen molar-refractivity contribution in [2.45, 2.75) is 6.61 Å². The fraction of sp³-hybridized carbons (Fsp3) is 0.250. The minimum absolute atomic E-state index is 0.146. The molecule has 0 aromatic carbocycles. The summed E-state index contributed by atoms with van der Waals surface area (Å²) < 4.78 is 4.39. The summed E-state index contributed by atoms with van der Waals surface area (Å²) in [5, 5.41) is 8.83. The first-order valence-corrected chi connectivity index (χ1v) is 3.60. The second-order valence-electron chi connectivity index (χ2n) is 2.36. The monoisotopic (exact) mass is 183 g/mol. The third-order valence-corrected chi connectivity index (χ3v) is 1.61. The van der Waals surface area contributed by atoms with E-state index in [1.807, 2.05) is 0 Å². The van der Waals surface area contributed by atoms with Crippen LogP contribution in [0.2, 0.25) is 0 Å². The second-order valence-corrected chi connectivity index (χ2v) is 2.36. The molecular formula is C8H9NO4. The molecule has 5 nitrogen and oxygen atoms in total. The maximum Gasteiger partial charge on any atom is 0.343 e. The number of carbonyl (C=O) groups excluding carboxylic acids is 1. The smallest absolute Gasteiger partial charge is 0.343 e. The lowest BCUT2D eigenvalue weighted by atomic mass is 10.1. The van der Waals surface area contributed by atoms with E-state index in [4.69, 9.17) is 5.11 Å². The Hall–Kier alpha value is -1.62. The summed E-state index contributed by atoms with van der Waals surface area (Å²) in [7, 11) is 1.18. The molecule has 0 bridgehead atoms. The number of ether oxygens (including phenoxy) is 1. The number of aliphatic hydroxyl groups is 1.